The van der Waals surface area contributed by atoms with Gasteiger partial charge in [0.1, 0.15) is 11.4 Å². The number of amides is 1. The minimum atomic E-state index is -0.554. The minimum absolute atomic E-state index is 0.0561. The summed E-state index contributed by atoms with van der Waals surface area (Å²) in [6.45, 7) is 1.91. The van der Waals surface area contributed by atoms with Crippen LogP contribution in [0.15, 0.2) is 40.1 Å². The van der Waals surface area contributed by atoms with E-state index >= 15 is 0 Å². The zero-order valence-corrected chi connectivity index (χ0v) is 14.9. The zero-order chi connectivity index (χ0) is 19.1. The van der Waals surface area contributed by atoms with E-state index in [-0.39, 0.29) is 17.0 Å². The van der Waals surface area contributed by atoms with Gasteiger partial charge in [-0.15, -0.1) is 0 Å². The number of hydrogen-bond acceptors (Lipinski definition) is 5. The Balaban J connectivity index is 1.74. The Labute approximate surface area is 153 Å². The minimum Gasteiger partial charge on any atom is -0.495 e. The number of aromatic nitrogens is 3. The molecule has 3 aromatic rings. The summed E-state index contributed by atoms with van der Waals surface area (Å²) in [6, 6.07) is 6.95. The van der Waals surface area contributed by atoms with E-state index in [9.17, 15) is 14.4 Å². The van der Waals surface area contributed by atoms with Crippen LogP contribution in [-0.2, 0) is 0 Å². The van der Waals surface area contributed by atoms with E-state index in [1.807, 2.05) is 13.0 Å². The van der Waals surface area contributed by atoms with E-state index in [0.717, 1.165) is 18.4 Å². The van der Waals surface area contributed by atoms with Crippen molar-refractivity contribution < 1.29 is 9.53 Å². The molecular weight excluding hydrogens is 348 g/mol. The molecule has 0 unspecified atom stereocenters. The van der Waals surface area contributed by atoms with Crippen molar-refractivity contribution in [3.8, 4) is 5.75 Å². The van der Waals surface area contributed by atoms with E-state index in [1.165, 1.54) is 23.9 Å². The lowest BCUT2D eigenvalue weighted by atomic mass is 10.2. The normalized spacial score (nSPS) is 13.6. The van der Waals surface area contributed by atoms with Gasteiger partial charge in [-0.2, -0.15) is 0 Å². The second-order valence-corrected chi connectivity index (χ2v) is 6.61. The molecule has 0 radical (unpaired) electrons. The molecule has 2 aromatic heterocycles. The van der Waals surface area contributed by atoms with Crippen LogP contribution in [0.1, 0.15) is 34.8 Å². The molecule has 8 heteroatoms. The lowest BCUT2D eigenvalue weighted by Gasteiger charge is -2.12. The van der Waals surface area contributed by atoms with E-state index in [2.05, 4.69) is 15.3 Å². The fourth-order valence-corrected chi connectivity index (χ4v) is 3.05. The van der Waals surface area contributed by atoms with Gasteiger partial charge in [-0.3, -0.25) is 19.1 Å². The summed E-state index contributed by atoms with van der Waals surface area (Å²) in [5.41, 5.74) is 0.993. The second-order valence-electron chi connectivity index (χ2n) is 6.61. The monoisotopic (exact) mass is 366 g/mol. The van der Waals surface area contributed by atoms with Crippen LogP contribution in [0.3, 0.4) is 0 Å². The van der Waals surface area contributed by atoms with Gasteiger partial charge in [-0.05, 0) is 43.5 Å². The van der Waals surface area contributed by atoms with Crippen molar-refractivity contribution in [1.82, 2.24) is 14.5 Å². The van der Waals surface area contributed by atoms with E-state index in [4.69, 9.17) is 4.74 Å². The first-order chi connectivity index (χ1) is 13.0. The van der Waals surface area contributed by atoms with Crippen LogP contribution in [0.4, 0.5) is 5.69 Å². The van der Waals surface area contributed by atoms with Crippen molar-refractivity contribution in [2.75, 3.05) is 12.4 Å². The van der Waals surface area contributed by atoms with Crippen LogP contribution < -0.4 is 21.3 Å². The second kappa shape index (κ2) is 6.39. The average molecular weight is 366 g/mol. The van der Waals surface area contributed by atoms with Crippen LogP contribution in [0.5, 0.6) is 5.75 Å². The Morgan fingerprint density at radius 1 is 1.30 bits per heavy atom. The van der Waals surface area contributed by atoms with Crippen LogP contribution in [0.2, 0.25) is 0 Å². The molecule has 1 aromatic carbocycles. The number of carbonyl (C=O) groups excluding carboxylic acids is 1. The lowest BCUT2D eigenvalue weighted by molar-refractivity contribution is 0.102. The van der Waals surface area contributed by atoms with Crippen LogP contribution >= 0.6 is 0 Å². The number of carbonyl (C=O) groups is 1. The van der Waals surface area contributed by atoms with E-state index in [1.54, 1.807) is 12.1 Å². The van der Waals surface area contributed by atoms with Gasteiger partial charge in [-0.25, -0.2) is 9.78 Å². The molecule has 4 rings (SSSR count). The zero-order valence-electron chi connectivity index (χ0n) is 14.9. The maximum absolute atomic E-state index is 12.7. The number of hydrogen-bond donors (Lipinski definition) is 2. The maximum Gasteiger partial charge on any atom is 0.330 e. The van der Waals surface area contributed by atoms with Crippen molar-refractivity contribution in [3.05, 3.63) is 62.4 Å². The molecule has 0 spiro atoms. The quantitative estimate of drug-likeness (QED) is 0.734. The number of pyridine rings is 1. The predicted octanol–water partition coefficient (Wildman–Crippen LogP) is 1.99. The van der Waals surface area contributed by atoms with Gasteiger partial charge in [0.05, 0.1) is 23.7 Å². The molecule has 1 aliphatic rings. The van der Waals surface area contributed by atoms with Gasteiger partial charge in [-0.1, -0.05) is 6.07 Å². The third-order valence-electron chi connectivity index (χ3n) is 4.56. The number of nitrogens with zero attached hydrogens (tertiary/aromatic N) is 2. The molecule has 0 saturated heterocycles. The number of methoxy groups -OCH3 is 1. The molecule has 2 N–H and O–H groups in total. The highest BCUT2D eigenvalue weighted by atomic mass is 16.5. The van der Waals surface area contributed by atoms with Crippen LogP contribution in [0, 0.1) is 6.92 Å². The van der Waals surface area contributed by atoms with E-state index < -0.39 is 17.2 Å². The Morgan fingerprint density at radius 2 is 2.07 bits per heavy atom. The molecule has 1 aliphatic carbocycles. The third kappa shape index (κ3) is 3.10. The average Bonchev–Trinajstić information content (AvgIpc) is 3.46. The van der Waals surface area contributed by atoms with Gasteiger partial charge in [0.2, 0.25) is 0 Å². The molecule has 138 valence electrons. The molecule has 1 amide bonds. The number of H-pyrrole nitrogens is 1. The van der Waals surface area contributed by atoms with E-state index in [0.29, 0.717) is 17.1 Å². The largest absolute Gasteiger partial charge is 0.495 e. The van der Waals surface area contributed by atoms with Crippen molar-refractivity contribution in [1.29, 1.82) is 0 Å². The summed E-state index contributed by atoms with van der Waals surface area (Å²) in [5.74, 6) is 0.111. The highest BCUT2D eigenvalue weighted by Gasteiger charge is 2.27. The third-order valence-corrected chi connectivity index (χ3v) is 4.56. The molecule has 27 heavy (non-hydrogen) atoms. The molecule has 0 atom stereocenters. The van der Waals surface area contributed by atoms with Gasteiger partial charge in [0.25, 0.3) is 11.5 Å². The maximum atomic E-state index is 12.7. The Morgan fingerprint density at radius 3 is 2.78 bits per heavy atom. The number of rotatable bonds is 4. The Kier molecular flexibility index (Phi) is 4.02. The molecule has 8 nitrogen and oxygen atoms in total. The number of anilines is 1. The summed E-state index contributed by atoms with van der Waals surface area (Å²) in [6.07, 6.45) is 3.12. The summed E-state index contributed by atoms with van der Waals surface area (Å²) in [4.78, 5) is 43.5. The van der Waals surface area contributed by atoms with Gasteiger partial charge < -0.3 is 10.1 Å². The molecule has 1 saturated carbocycles. The number of aryl methyl sites for hydroxylation is 1. The smallest absolute Gasteiger partial charge is 0.330 e. The topological polar surface area (TPSA) is 106 Å². The number of fused-ring (bicyclic) bond motifs is 1. The first-order valence-corrected chi connectivity index (χ1v) is 8.58. The molecule has 1 fully saturated rings. The van der Waals surface area contributed by atoms with Crippen LogP contribution in [-0.4, -0.2) is 27.6 Å². The Hall–Kier alpha value is -3.42. The summed E-state index contributed by atoms with van der Waals surface area (Å²) >= 11 is 0. The number of aromatic amines is 1. The van der Waals surface area contributed by atoms with Gasteiger partial charge >= 0.3 is 5.69 Å². The molecule has 0 aliphatic heterocycles. The van der Waals surface area contributed by atoms with Gasteiger partial charge in [0, 0.05) is 12.2 Å². The fourth-order valence-electron chi connectivity index (χ4n) is 3.05. The van der Waals surface area contributed by atoms with Crippen molar-refractivity contribution >= 4 is 22.6 Å². The first-order valence-electron chi connectivity index (χ1n) is 8.58. The number of ether oxygens (including phenoxy) is 1. The summed E-state index contributed by atoms with van der Waals surface area (Å²) < 4.78 is 6.75. The van der Waals surface area contributed by atoms with Crippen molar-refractivity contribution in [2.24, 2.45) is 0 Å². The number of nitrogens with one attached hydrogen (secondary N) is 2. The standard InChI is InChI=1S/C19H18N4O4/c1-10-3-6-15(27-2)14(7-10)21-17(24)11-8-13-16(20-9-11)23(12-4-5-12)19(26)22-18(13)25/h3,6-9,12H,4-5H2,1-2H3,(H,21,24)(H,22,25,26). The fraction of sp³-hybridized carbons (Fsp3) is 0.263. The van der Waals surface area contributed by atoms with Crippen molar-refractivity contribution in [2.45, 2.75) is 25.8 Å². The molecular formula is C19H18N4O4. The highest BCUT2D eigenvalue weighted by molar-refractivity contribution is 6.06. The first kappa shape index (κ1) is 17.0. The number of benzene rings is 1. The SMILES string of the molecule is COc1ccc(C)cc1NC(=O)c1cnc2c(c1)c(=O)[nH]c(=O)n2C1CC1. The molecule has 0 bridgehead atoms. The highest BCUT2D eigenvalue weighted by Crippen LogP contribution is 2.34. The molecule has 2 heterocycles. The summed E-state index contributed by atoms with van der Waals surface area (Å²) in [7, 11) is 1.52. The van der Waals surface area contributed by atoms with Gasteiger partial charge in [0.15, 0.2) is 0 Å². The van der Waals surface area contributed by atoms with Crippen molar-refractivity contribution in [3.63, 3.8) is 0 Å². The van der Waals surface area contributed by atoms with Crippen LogP contribution in [0.25, 0.3) is 11.0 Å². The Bertz CT molecular complexity index is 1170. The predicted molar refractivity (Wildman–Crippen MR) is 101 cm³/mol. The lowest BCUT2D eigenvalue weighted by Crippen LogP contribution is -2.30. The summed E-state index contributed by atoms with van der Waals surface area (Å²) in [5, 5.41) is 2.99.